The Morgan fingerprint density at radius 2 is 1.74 bits per heavy atom. The van der Waals surface area contributed by atoms with Crippen LogP contribution in [0.2, 0.25) is 0 Å². The average Bonchev–Trinajstić information content (AvgIpc) is 2.11. The van der Waals surface area contributed by atoms with E-state index in [4.69, 9.17) is 14.3 Å². The Balaban J connectivity index is 2.76. The first-order valence-electron chi connectivity index (χ1n) is 6.28. The minimum atomic E-state index is -5.05. The van der Waals surface area contributed by atoms with Gasteiger partial charge in [0.2, 0.25) is 0 Å². The summed E-state index contributed by atoms with van der Waals surface area (Å²) in [5.74, 6) is 0.680. The summed E-state index contributed by atoms with van der Waals surface area (Å²) < 4.78 is 31.1. The smallest absolute Gasteiger partial charge is 0.302 e. The number of rotatable bonds is 5. The molecule has 114 valence electrons. The Morgan fingerprint density at radius 3 is 2.21 bits per heavy atom. The molecular formula is C10H22O7P2. The van der Waals surface area contributed by atoms with E-state index >= 15 is 0 Å². The molecule has 0 aromatic carbocycles. The van der Waals surface area contributed by atoms with Gasteiger partial charge < -0.3 is 14.7 Å². The van der Waals surface area contributed by atoms with E-state index in [9.17, 15) is 14.0 Å². The topological polar surface area (TPSA) is 113 Å². The van der Waals surface area contributed by atoms with Crippen LogP contribution in [0.15, 0.2) is 0 Å². The van der Waals surface area contributed by atoms with E-state index in [1.165, 1.54) is 0 Å². The zero-order valence-electron chi connectivity index (χ0n) is 11.3. The van der Waals surface area contributed by atoms with Crippen molar-refractivity contribution in [1.82, 2.24) is 0 Å². The van der Waals surface area contributed by atoms with Crippen molar-refractivity contribution in [3.05, 3.63) is 0 Å². The highest BCUT2D eigenvalue weighted by Crippen LogP contribution is 2.59. The first-order chi connectivity index (χ1) is 8.50. The molecule has 4 unspecified atom stereocenters. The Morgan fingerprint density at radius 1 is 1.16 bits per heavy atom. The van der Waals surface area contributed by atoms with Gasteiger partial charge in [-0.1, -0.05) is 27.2 Å². The second kappa shape index (κ2) is 6.35. The third kappa shape index (κ3) is 6.05. The standard InChI is InChI=1S/C10H22O7P2/c1-7(2)9-5-4-8(3)6-10(9)16-19(14,15)17-18(11,12)13/h7-10H,4-6H2,1-3H3,(H,14,15)(H2,11,12,13). The number of hydrogen-bond donors (Lipinski definition) is 3. The highest BCUT2D eigenvalue weighted by atomic mass is 31.3. The maximum absolute atomic E-state index is 11.6. The molecule has 0 spiro atoms. The summed E-state index contributed by atoms with van der Waals surface area (Å²) in [6, 6.07) is 0. The molecule has 0 amide bonds. The Hall–Kier alpha value is 0.260. The van der Waals surface area contributed by atoms with Crippen LogP contribution in [0.4, 0.5) is 0 Å². The molecule has 0 bridgehead atoms. The average molecular weight is 316 g/mol. The molecule has 3 N–H and O–H groups in total. The van der Waals surface area contributed by atoms with Gasteiger partial charge in [-0.3, -0.25) is 4.52 Å². The van der Waals surface area contributed by atoms with Gasteiger partial charge in [-0.25, -0.2) is 9.13 Å². The van der Waals surface area contributed by atoms with Crippen molar-refractivity contribution in [2.75, 3.05) is 0 Å². The van der Waals surface area contributed by atoms with Gasteiger partial charge in [0.1, 0.15) is 0 Å². The number of phosphoric ester groups is 1. The molecular weight excluding hydrogens is 294 g/mol. The van der Waals surface area contributed by atoms with E-state index in [0.29, 0.717) is 12.3 Å². The molecule has 0 aliphatic heterocycles. The van der Waals surface area contributed by atoms with Crippen LogP contribution in [0.1, 0.15) is 40.0 Å². The molecule has 0 heterocycles. The van der Waals surface area contributed by atoms with Crippen LogP contribution in [0.3, 0.4) is 0 Å². The maximum Gasteiger partial charge on any atom is 0.481 e. The lowest BCUT2D eigenvalue weighted by Gasteiger charge is -2.37. The van der Waals surface area contributed by atoms with Gasteiger partial charge in [-0.2, -0.15) is 4.31 Å². The molecule has 1 aliphatic rings. The van der Waals surface area contributed by atoms with Gasteiger partial charge >= 0.3 is 15.6 Å². The fourth-order valence-corrected chi connectivity index (χ4v) is 4.37. The van der Waals surface area contributed by atoms with Crippen molar-refractivity contribution in [1.29, 1.82) is 0 Å². The lowest BCUT2D eigenvalue weighted by molar-refractivity contribution is 0.0228. The van der Waals surface area contributed by atoms with Crippen molar-refractivity contribution >= 4 is 15.6 Å². The predicted octanol–water partition coefficient (Wildman–Crippen LogP) is 2.67. The predicted molar refractivity (Wildman–Crippen MR) is 69.2 cm³/mol. The van der Waals surface area contributed by atoms with Crippen LogP contribution in [0.25, 0.3) is 0 Å². The molecule has 0 saturated heterocycles. The van der Waals surface area contributed by atoms with Crippen molar-refractivity contribution in [3.8, 4) is 0 Å². The Bertz CT molecular complexity index is 391. The Labute approximate surface area is 113 Å². The zero-order chi connectivity index (χ0) is 14.8. The molecule has 0 radical (unpaired) electrons. The van der Waals surface area contributed by atoms with Gasteiger partial charge in [0.05, 0.1) is 6.10 Å². The summed E-state index contributed by atoms with van der Waals surface area (Å²) in [5, 5.41) is 0. The lowest BCUT2D eigenvalue weighted by atomic mass is 9.75. The zero-order valence-corrected chi connectivity index (χ0v) is 13.1. The van der Waals surface area contributed by atoms with E-state index in [1.54, 1.807) is 0 Å². The fourth-order valence-electron chi connectivity index (χ4n) is 2.56. The summed E-state index contributed by atoms with van der Waals surface area (Å²) in [6.07, 6.45) is 1.93. The lowest BCUT2D eigenvalue weighted by Crippen LogP contribution is -2.33. The molecule has 9 heteroatoms. The molecule has 0 aromatic heterocycles. The minimum Gasteiger partial charge on any atom is -0.302 e. The van der Waals surface area contributed by atoms with Gasteiger partial charge in [0.15, 0.2) is 0 Å². The highest BCUT2D eigenvalue weighted by Gasteiger charge is 2.40. The van der Waals surface area contributed by atoms with Crippen LogP contribution in [-0.2, 0) is 18.0 Å². The van der Waals surface area contributed by atoms with E-state index in [2.05, 4.69) is 4.31 Å². The van der Waals surface area contributed by atoms with Crippen LogP contribution in [0, 0.1) is 17.8 Å². The van der Waals surface area contributed by atoms with Gasteiger partial charge in [0.25, 0.3) is 0 Å². The van der Waals surface area contributed by atoms with Crippen LogP contribution in [-0.4, -0.2) is 20.8 Å². The van der Waals surface area contributed by atoms with Crippen LogP contribution >= 0.6 is 15.6 Å². The molecule has 7 nitrogen and oxygen atoms in total. The minimum absolute atomic E-state index is 0.0806. The van der Waals surface area contributed by atoms with E-state index in [-0.39, 0.29) is 11.8 Å². The highest BCUT2D eigenvalue weighted by molar-refractivity contribution is 7.60. The molecule has 1 fully saturated rings. The van der Waals surface area contributed by atoms with Gasteiger partial charge in [0, 0.05) is 0 Å². The second-order valence-corrected chi connectivity index (χ2v) is 8.29. The van der Waals surface area contributed by atoms with Crippen molar-refractivity contribution in [3.63, 3.8) is 0 Å². The van der Waals surface area contributed by atoms with E-state index in [0.717, 1.165) is 12.8 Å². The number of phosphoric acid groups is 2. The molecule has 1 saturated carbocycles. The Kier molecular flexibility index (Phi) is 5.79. The van der Waals surface area contributed by atoms with E-state index in [1.807, 2.05) is 20.8 Å². The van der Waals surface area contributed by atoms with Crippen molar-refractivity contribution < 1.29 is 32.6 Å². The third-order valence-electron chi connectivity index (χ3n) is 3.44. The quantitative estimate of drug-likeness (QED) is 0.668. The summed E-state index contributed by atoms with van der Waals surface area (Å²) in [4.78, 5) is 26.6. The van der Waals surface area contributed by atoms with E-state index < -0.39 is 21.7 Å². The normalized spacial score (nSPS) is 32.3. The molecule has 4 atom stereocenters. The number of hydrogen-bond acceptors (Lipinski definition) is 4. The largest absolute Gasteiger partial charge is 0.481 e. The SMILES string of the molecule is CC1CCC(C(C)C)C(OP(=O)(O)OP(=O)(O)O)C1. The second-order valence-electron chi connectivity index (χ2n) is 5.51. The first kappa shape index (κ1) is 17.3. The van der Waals surface area contributed by atoms with Gasteiger partial charge in [-0.15, -0.1) is 0 Å². The van der Waals surface area contributed by atoms with Crippen LogP contribution < -0.4 is 0 Å². The summed E-state index contributed by atoms with van der Waals surface area (Å²) in [6.45, 7) is 5.99. The molecule has 0 aromatic rings. The summed E-state index contributed by atoms with van der Waals surface area (Å²) in [5.41, 5.74) is 0. The molecule has 1 aliphatic carbocycles. The molecule has 1 rings (SSSR count). The maximum atomic E-state index is 11.6. The van der Waals surface area contributed by atoms with Gasteiger partial charge in [-0.05, 0) is 30.6 Å². The first-order valence-corrected chi connectivity index (χ1v) is 9.31. The summed E-state index contributed by atoms with van der Waals surface area (Å²) in [7, 11) is -9.80. The van der Waals surface area contributed by atoms with Crippen molar-refractivity contribution in [2.45, 2.75) is 46.1 Å². The fraction of sp³-hybridized carbons (Fsp3) is 1.00. The van der Waals surface area contributed by atoms with Crippen LogP contribution in [0.5, 0.6) is 0 Å². The monoisotopic (exact) mass is 316 g/mol. The summed E-state index contributed by atoms with van der Waals surface area (Å²) >= 11 is 0. The molecule has 19 heavy (non-hydrogen) atoms. The van der Waals surface area contributed by atoms with Crippen molar-refractivity contribution in [2.24, 2.45) is 17.8 Å². The third-order valence-corrected chi connectivity index (χ3v) is 5.65.